The van der Waals surface area contributed by atoms with Crippen molar-refractivity contribution < 1.29 is 14.3 Å². The molecule has 1 N–H and O–H groups in total. The van der Waals surface area contributed by atoms with E-state index in [-0.39, 0.29) is 5.91 Å². The van der Waals surface area contributed by atoms with Crippen molar-refractivity contribution in [3.63, 3.8) is 0 Å². The van der Waals surface area contributed by atoms with Gasteiger partial charge in [0.2, 0.25) is 5.91 Å². The smallest absolute Gasteiger partial charge is 0.220 e. The quantitative estimate of drug-likeness (QED) is 0.858. The first kappa shape index (κ1) is 16.9. The van der Waals surface area contributed by atoms with Crippen LogP contribution >= 0.6 is 0 Å². The summed E-state index contributed by atoms with van der Waals surface area (Å²) in [5.41, 5.74) is 1.28. The summed E-state index contributed by atoms with van der Waals surface area (Å²) >= 11 is 0. The number of carbonyl (C=O) groups excluding carboxylic acids is 1. The van der Waals surface area contributed by atoms with Gasteiger partial charge in [-0.3, -0.25) is 9.69 Å². The molecule has 1 saturated carbocycles. The first-order chi connectivity index (χ1) is 12.2. The van der Waals surface area contributed by atoms with Crippen molar-refractivity contribution in [2.45, 2.75) is 31.8 Å². The van der Waals surface area contributed by atoms with Crippen LogP contribution in [0.4, 0.5) is 0 Å². The number of carbonyl (C=O) groups is 1. The Morgan fingerprint density at radius 3 is 3.00 bits per heavy atom. The monoisotopic (exact) mass is 344 g/mol. The zero-order valence-electron chi connectivity index (χ0n) is 14.9. The maximum Gasteiger partial charge on any atom is 0.220 e. The minimum Gasteiger partial charge on any atom is -0.497 e. The van der Waals surface area contributed by atoms with Crippen LogP contribution in [0.5, 0.6) is 5.75 Å². The van der Waals surface area contributed by atoms with Crippen molar-refractivity contribution in [3.05, 3.63) is 29.8 Å². The summed E-state index contributed by atoms with van der Waals surface area (Å²) in [4.78, 5) is 14.7. The summed E-state index contributed by atoms with van der Waals surface area (Å²) in [7, 11) is 1.71. The van der Waals surface area contributed by atoms with Crippen LogP contribution in [0.2, 0.25) is 0 Å². The Morgan fingerprint density at radius 2 is 2.20 bits per heavy atom. The first-order valence-corrected chi connectivity index (χ1v) is 9.43. The van der Waals surface area contributed by atoms with Crippen LogP contribution in [0, 0.1) is 17.8 Å². The van der Waals surface area contributed by atoms with Crippen molar-refractivity contribution in [3.8, 4) is 5.75 Å². The van der Waals surface area contributed by atoms with Gasteiger partial charge in [-0.2, -0.15) is 0 Å². The Labute approximate surface area is 149 Å². The predicted octanol–water partition coefficient (Wildman–Crippen LogP) is 2.06. The fourth-order valence-electron chi connectivity index (χ4n) is 4.31. The van der Waals surface area contributed by atoms with E-state index >= 15 is 0 Å². The van der Waals surface area contributed by atoms with Crippen LogP contribution in [0.15, 0.2) is 24.3 Å². The number of likely N-dealkylation sites (tertiary alicyclic amines) is 1. The molecule has 2 heterocycles. The number of ether oxygens (including phenoxy) is 2. The largest absolute Gasteiger partial charge is 0.497 e. The molecule has 1 aliphatic carbocycles. The van der Waals surface area contributed by atoms with Gasteiger partial charge < -0.3 is 14.8 Å². The summed E-state index contributed by atoms with van der Waals surface area (Å²) in [6.45, 7) is 4.62. The molecule has 5 heteroatoms. The van der Waals surface area contributed by atoms with E-state index in [4.69, 9.17) is 9.47 Å². The van der Waals surface area contributed by atoms with Crippen molar-refractivity contribution in [2.75, 3.05) is 33.4 Å². The summed E-state index contributed by atoms with van der Waals surface area (Å²) in [6.07, 6.45) is 2.91. The average Bonchev–Trinajstić information content (AvgIpc) is 3.32. The molecule has 4 rings (SSSR count). The minimum absolute atomic E-state index is 0.211. The molecule has 3 fully saturated rings. The number of fused-ring (bicyclic) bond motifs is 1. The molecule has 1 aromatic rings. The molecule has 0 unspecified atom stereocenters. The molecule has 0 radical (unpaired) electrons. The summed E-state index contributed by atoms with van der Waals surface area (Å²) in [6, 6.07) is 8.74. The number of benzene rings is 1. The number of methoxy groups -OCH3 is 1. The van der Waals surface area contributed by atoms with E-state index in [0.29, 0.717) is 30.2 Å². The molecule has 1 aromatic carbocycles. The number of nitrogens with one attached hydrogen (secondary N) is 1. The van der Waals surface area contributed by atoms with Gasteiger partial charge in [0.15, 0.2) is 0 Å². The Balaban J connectivity index is 1.35. The number of nitrogens with zero attached hydrogens (tertiary/aromatic N) is 1. The Hall–Kier alpha value is -1.59. The van der Waals surface area contributed by atoms with Gasteiger partial charge in [-0.25, -0.2) is 0 Å². The SMILES string of the molecule is COc1cccc(CN2C[C@@H]3COC[C@@H](CC(=O)NC4CC4)[C@@H]3C2)c1. The van der Waals surface area contributed by atoms with E-state index in [2.05, 4.69) is 22.3 Å². The molecule has 136 valence electrons. The summed E-state index contributed by atoms with van der Waals surface area (Å²) in [5.74, 6) is 2.60. The lowest BCUT2D eigenvalue weighted by molar-refractivity contribution is -0.124. The van der Waals surface area contributed by atoms with E-state index in [1.54, 1.807) is 7.11 Å². The molecule has 5 nitrogen and oxygen atoms in total. The maximum atomic E-state index is 12.2. The van der Waals surface area contributed by atoms with Crippen molar-refractivity contribution in [2.24, 2.45) is 17.8 Å². The normalized spacial score (nSPS) is 29.2. The van der Waals surface area contributed by atoms with Gasteiger partial charge in [-0.15, -0.1) is 0 Å². The molecule has 0 aromatic heterocycles. The van der Waals surface area contributed by atoms with E-state index in [1.807, 2.05) is 12.1 Å². The van der Waals surface area contributed by atoms with Crippen LogP contribution in [0.1, 0.15) is 24.8 Å². The van der Waals surface area contributed by atoms with E-state index in [1.165, 1.54) is 5.56 Å². The number of hydrogen-bond acceptors (Lipinski definition) is 4. The highest BCUT2D eigenvalue weighted by atomic mass is 16.5. The van der Waals surface area contributed by atoms with Crippen LogP contribution in [-0.2, 0) is 16.1 Å². The Bertz CT molecular complexity index is 617. The molecular weight excluding hydrogens is 316 g/mol. The average molecular weight is 344 g/mol. The predicted molar refractivity (Wildman–Crippen MR) is 95.3 cm³/mol. The third kappa shape index (κ3) is 4.15. The Morgan fingerprint density at radius 1 is 1.32 bits per heavy atom. The van der Waals surface area contributed by atoms with Gasteiger partial charge in [0.05, 0.1) is 20.3 Å². The van der Waals surface area contributed by atoms with Crippen LogP contribution in [-0.4, -0.2) is 50.3 Å². The number of rotatable bonds is 6. The van der Waals surface area contributed by atoms with E-state index < -0.39 is 0 Å². The standard InChI is InChI=1S/C20H28N2O3/c1-24-18-4-2-3-14(7-18)9-22-10-16-13-25-12-15(19(16)11-22)8-20(23)21-17-5-6-17/h2-4,7,15-17,19H,5-6,8-13H2,1H3,(H,21,23)/t15-,16-,19+/m1/s1. The van der Waals surface area contributed by atoms with Crippen molar-refractivity contribution in [1.82, 2.24) is 10.2 Å². The second kappa shape index (κ2) is 7.34. The van der Waals surface area contributed by atoms with Gasteiger partial charge >= 0.3 is 0 Å². The zero-order valence-corrected chi connectivity index (χ0v) is 14.9. The van der Waals surface area contributed by atoms with Gasteiger partial charge in [0.25, 0.3) is 0 Å². The maximum absolute atomic E-state index is 12.2. The molecule has 1 amide bonds. The second-order valence-corrected chi connectivity index (χ2v) is 7.81. The van der Waals surface area contributed by atoms with E-state index in [9.17, 15) is 4.79 Å². The number of amides is 1. The molecule has 0 spiro atoms. The summed E-state index contributed by atoms with van der Waals surface area (Å²) < 4.78 is 11.2. The molecule has 3 aliphatic rings. The summed E-state index contributed by atoms with van der Waals surface area (Å²) in [5, 5.41) is 3.12. The molecule has 2 aliphatic heterocycles. The topological polar surface area (TPSA) is 50.8 Å². The van der Waals surface area contributed by atoms with Crippen LogP contribution in [0.3, 0.4) is 0 Å². The van der Waals surface area contributed by atoms with Crippen LogP contribution in [0.25, 0.3) is 0 Å². The Kier molecular flexibility index (Phi) is 4.95. The highest BCUT2D eigenvalue weighted by molar-refractivity contribution is 5.76. The van der Waals surface area contributed by atoms with Crippen LogP contribution < -0.4 is 10.1 Å². The third-order valence-corrected chi connectivity index (χ3v) is 5.77. The lowest BCUT2D eigenvalue weighted by Crippen LogP contribution is -2.38. The molecular formula is C20H28N2O3. The van der Waals surface area contributed by atoms with Gasteiger partial charge in [0, 0.05) is 32.1 Å². The lowest BCUT2D eigenvalue weighted by Gasteiger charge is -2.32. The van der Waals surface area contributed by atoms with Gasteiger partial charge in [0.1, 0.15) is 5.75 Å². The lowest BCUT2D eigenvalue weighted by atomic mass is 9.81. The zero-order chi connectivity index (χ0) is 17.2. The highest BCUT2D eigenvalue weighted by Gasteiger charge is 2.41. The third-order valence-electron chi connectivity index (χ3n) is 5.77. The van der Waals surface area contributed by atoms with E-state index in [0.717, 1.165) is 51.4 Å². The first-order valence-electron chi connectivity index (χ1n) is 9.43. The minimum atomic E-state index is 0.211. The fourth-order valence-corrected chi connectivity index (χ4v) is 4.31. The number of hydrogen-bond donors (Lipinski definition) is 1. The molecule has 25 heavy (non-hydrogen) atoms. The molecule has 0 bridgehead atoms. The fraction of sp³-hybridized carbons (Fsp3) is 0.650. The van der Waals surface area contributed by atoms with Gasteiger partial charge in [-0.05, 0) is 48.3 Å². The molecule has 2 saturated heterocycles. The van der Waals surface area contributed by atoms with Crippen molar-refractivity contribution in [1.29, 1.82) is 0 Å². The highest BCUT2D eigenvalue weighted by Crippen LogP contribution is 2.36. The van der Waals surface area contributed by atoms with Crippen molar-refractivity contribution >= 4 is 5.91 Å². The van der Waals surface area contributed by atoms with Gasteiger partial charge in [-0.1, -0.05) is 12.1 Å². The molecule has 3 atom stereocenters. The second-order valence-electron chi connectivity index (χ2n) is 7.81.